The van der Waals surface area contributed by atoms with E-state index in [-0.39, 0.29) is 0 Å². The fourth-order valence-corrected chi connectivity index (χ4v) is 2.25. The number of hydrogen-bond acceptors (Lipinski definition) is 1. The summed E-state index contributed by atoms with van der Waals surface area (Å²) in [4.78, 5) is 11.4. The zero-order valence-electron chi connectivity index (χ0n) is 10.2. The van der Waals surface area contributed by atoms with Crippen molar-refractivity contribution in [2.24, 2.45) is 5.92 Å². The van der Waals surface area contributed by atoms with Crippen molar-refractivity contribution in [1.82, 2.24) is 0 Å². The van der Waals surface area contributed by atoms with E-state index in [4.69, 9.17) is 0 Å². The maximum Gasteiger partial charge on any atom is 0.158 e. The number of hydrogen-bond donors (Lipinski definition) is 0. The molecule has 0 N–H and O–H groups in total. The Morgan fingerprint density at radius 2 is 2.13 bits per heavy atom. The normalized spacial score (nSPS) is 18.0. The highest BCUT2D eigenvalue weighted by atomic mass is 16.1. The molecule has 1 atom stereocenters. The molecule has 1 aliphatic carbocycles. The van der Waals surface area contributed by atoms with Crippen LogP contribution in [0.2, 0.25) is 0 Å². The highest BCUT2D eigenvalue weighted by molar-refractivity contribution is 5.97. The van der Waals surface area contributed by atoms with E-state index in [0.29, 0.717) is 11.7 Å². The predicted molar refractivity (Wildman–Crippen MR) is 64.9 cm³/mol. The van der Waals surface area contributed by atoms with Gasteiger partial charge in [-0.1, -0.05) is 52.0 Å². The van der Waals surface area contributed by atoms with Crippen molar-refractivity contribution in [3.8, 4) is 0 Å². The number of carbonyl (C=O) groups is 1. The Balaban J connectivity index is 2.12. The molecule has 0 saturated heterocycles. The predicted octanol–water partition coefficient (Wildman–Crippen LogP) is 4.27. The average Bonchev–Trinajstić information content (AvgIpc) is 2.59. The van der Waals surface area contributed by atoms with E-state index in [0.717, 1.165) is 24.8 Å². The summed E-state index contributed by atoms with van der Waals surface area (Å²) in [6.45, 7) is 4.52. The molecule has 1 nitrogen and oxygen atoms in total. The Kier molecular flexibility index (Phi) is 5.67. The lowest BCUT2D eigenvalue weighted by Crippen LogP contribution is -2.02. The molecule has 15 heavy (non-hydrogen) atoms. The zero-order valence-corrected chi connectivity index (χ0v) is 10.2. The monoisotopic (exact) mass is 208 g/mol. The van der Waals surface area contributed by atoms with Crippen LogP contribution in [0.4, 0.5) is 0 Å². The third kappa shape index (κ3) is 4.63. The maximum atomic E-state index is 11.4. The maximum absolute atomic E-state index is 11.4. The van der Waals surface area contributed by atoms with Crippen LogP contribution in [0.3, 0.4) is 0 Å². The van der Waals surface area contributed by atoms with Crippen molar-refractivity contribution < 1.29 is 4.79 Å². The molecule has 0 aromatic rings. The van der Waals surface area contributed by atoms with Gasteiger partial charge in [0.2, 0.25) is 0 Å². The second-order valence-electron chi connectivity index (χ2n) is 4.85. The fraction of sp³-hybridized carbons (Fsp3) is 0.786. The van der Waals surface area contributed by atoms with Crippen molar-refractivity contribution in [2.75, 3.05) is 0 Å². The Bertz CT molecular complexity index is 227. The Morgan fingerprint density at radius 3 is 2.73 bits per heavy atom. The minimum Gasteiger partial charge on any atom is -0.295 e. The Hall–Kier alpha value is -0.590. The summed E-state index contributed by atoms with van der Waals surface area (Å²) < 4.78 is 0. The molecule has 1 rings (SSSR count). The Labute approximate surface area is 93.9 Å². The summed E-state index contributed by atoms with van der Waals surface area (Å²) in [5, 5.41) is 0. The Morgan fingerprint density at radius 1 is 1.33 bits per heavy atom. The average molecular weight is 208 g/mol. The van der Waals surface area contributed by atoms with Crippen LogP contribution in [0.15, 0.2) is 11.6 Å². The topological polar surface area (TPSA) is 17.1 Å². The van der Waals surface area contributed by atoms with Gasteiger partial charge in [0.1, 0.15) is 0 Å². The van der Waals surface area contributed by atoms with Crippen molar-refractivity contribution in [2.45, 2.75) is 65.2 Å². The minimum absolute atomic E-state index is 0.399. The molecule has 0 amide bonds. The highest BCUT2D eigenvalue weighted by Crippen LogP contribution is 2.24. The number of rotatable bonds is 7. The first kappa shape index (κ1) is 12.5. The molecular weight excluding hydrogens is 184 g/mol. The highest BCUT2D eigenvalue weighted by Gasteiger charge is 2.16. The molecule has 0 heterocycles. The standard InChI is InChI=1S/C14H24O/c1-3-4-5-6-8-12(2)11-13-9-7-10-14(13)15/h9,12H,3-8,10-11H2,1-2H3. The number of allylic oxidation sites excluding steroid dienone is 2. The number of carbonyl (C=O) groups excluding carboxylic acids is 1. The van der Waals surface area contributed by atoms with Crippen molar-refractivity contribution in [3.05, 3.63) is 11.6 Å². The number of Topliss-reactive ketones (excluding diaryl/α,β-unsaturated/α-hetero) is 1. The molecule has 0 aliphatic heterocycles. The quantitative estimate of drug-likeness (QED) is 0.571. The third-order valence-electron chi connectivity index (χ3n) is 3.24. The van der Waals surface area contributed by atoms with Gasteiger partial charge in [-0.3, -0.25) is 4.79 Å². The van der Waals surface area contributed by atoms with E-state index >= 15 is 0 Å². The van der Waals surface area contributed by atoms with Crippen molar-refractivity contribution in [3.63, 3.8) is 0 Å². The van der Waals surface area contributed by atoms with E-state index in [9.17, 15) is 4.79 Å². The van der Waals surface area contributed by atoms with Gasteiger partial charge in [0.05, 0.1) is 0 Å². The molecule has 1 unspecified atom stereocenters. The second-order valence-corrected chi connectivity index (χ2v) is 4.85. The largest absolute Gasteiger partial charge is 0.295 e. The van der Waals surface area contributed by atoms with Gasteiger partial charge in [-0.15, -0.1) is 0 Å². The molecule has 1 aliphatic rings. The summed E-state index contributed by atoms with van der Waals surface area (Å²) in [7, 11) is 0. The van der Waals surface area contributed by atoms with E-state index in [2.05, 4.69) is 19.9 Å². The lowest BCUT2D eigenvalue weighted by Gasteiger charge is -2.11. The lowest BCUT2D eigenvalue weighted by atomic mass is 9.94. The minimum atomic E-state index is 0.399. The van der Waals surface area contributed by atoms with Gasteiger partial charge >= 0.3 is 0 Å². The fourth-order valence-electron chi connectivity index (χ4n) is 2.25. The smallest absolute Gasteiger partial charge is 0.158 e. The second kappa shape index (κ2) is 6.81. The zero-order chi connectivity index (χ0) is 11.1. The SMILES string of the molecule is CCCCCCC(C)CC1=CCCC1=O. The first-order chi connectivity index (χ1) is 7.24. The summed E-state index contributed by atoms with van der Waals surface area (Å²) in [5.74, 6) is 1.09. The number of ketones is 1. The first-order valence-electron chi connectivity index (χ1n) is 6.46. The third-order valence-corrected chi connectivity index (χ3v) is 3.24. The molecule has 0 fully saturated rings. The first-order valence-corrected chi connectivity index (χ1v) is 6.46. The molecule has 1 heteroatoms. The van der Waals surface area contributed by atoms with Crippen LogP contribution in [-0.4, -0.2) is 5.78 Å². The van der Waals surface area contributed by atoms with Crippen LogP contribution >= 0.6 is 0 Å². The molecule has 0 aromatic heterocycles. The molecule has 0 radical (unpaired) electrons. The summed E-state index contributed by atoms with van der Waals surface area (Å²) >= 11 is 0. The van der Waals surface area contributed by atoms with Gasteiger partial charge < -0.3 is 0 Å². The molecule has 0 spiro atoms. The molecule has 86 valence electrons. The number of unbranched alkanes of at least 4 members (excludes halogenated alkanes) is 3. The van der Waals surface area contributed by atoms with Gasteiger partial charge in [-0.05, 0) is 24.3 Å². The van der Waals surface area contributed by atoms with Crippen LogP contribution in [0.5, 0.6) is 0 Å². The summed E-state index contributed by atoms with van der Waals surface area (Å²) in [6.07, 6.45) is 11.5. The van der Waals surface area contributed by atoms with Crippen LogP contribution in [-0.2, 0) is 4.79 Å². The molecular formula is C14H24O. The van der Waals surface area contributed by atoms with Crippen LogP contribution in [0.25, 0.3) is 0 Å². The van der Waals surface area contributed by atoms with Gasteiger partial charge in [0.25, 0.3) is 0 Å². The molecule has 0 bridgehead atoms. The van der Waals surface area contributed by atoms with Gasteiger partial charge in [-0.2, -0.15) is 0 Å². The van der Waals surface area contributed by atoms with Crippen LogP contribution in [0, 0.1) is 5.92 Å². The summed E-state index contributed by atoms with van der Waals surface area (Å²) in [6, 6.07) is 0. The summed E-state index contributed by atoms with van der Waals surface area (Å²) in [5.41, 5.74) is 1.11. The van der Waals surface area contributed by atoms with E-state index in [1.165, 1.54) is 32.1 Å². The lowest BCUT2D eigenvalue weighted by molar-refractivity contribution is -0.115. The van der Waals surface area contributed by atoms with Crippen LogP contribution < -0.4 is 0 Å². The van der Waals surface area contributed by atoms with Gasteiger partial charge in [0, 0.05) is 6.42 Å². The van der Waals surface area contributed by atoms with Crippen molar-refractivity contribution >= 4 is 5.78 Å². The molecule has 0 aromatic carbocycles. The van der Waals surface area contributed by atoms with Gasteiger partial charge in [0.15, 0.2) is 5.78 Å². The van der Waals surface area contributed by atoms with E-state index in [1.54, 1.807) is 0 Å². The van der Waals surface area contributed by atoms with E-state index < -0.39 is 0 Å². The van der Waals surface area contributed by atoms with Gasteiger partial charge in [-0.25, -0.2) is 0 Å². The van der Waals surface area contributed by atoms with E-state index in [1.807, 2.05) is 0 Å². The van der Waals surface area contributed by atoms with Crippen LogP contribution in [0.1, 0.15) is 65.2 Å². The van der Waals surface area contributed by atoms with Crippen molar-refractivity contribution in [1.29, 1.82) is 0 Å². The molecule has 0 saturated carbocycles.